The molecule has 2 atom stereocenters. The van der Waals surface area contributed by atoms with Gasteiger partial charge in [-0.25, -0.2) is 0 Å². The van der Waals surface area contributed by atoms with Gasteiger partial charge in [-0.3, -0.25) is 9.59 Å². The fourth-order valence-electron chi connectivity index (χ4n) is 2.23. The average molecular weight is 183 g/mol. The van der Waals surface area contributed by atoms with Crippen LogP contribution in [0.25, 0.3) is 0 Å². The quantitative estimate of drug-likeness (QED) is 0.619. The molecule has 1 aliphatic heterocycles. The van der Waals surface area contributed by atoms with Gasteiger partial charge in [-0.1, -0.05) is 6.92 Å². The van der Waals surface area contributed by atoms with Crippen molar-refractivity contribution < 1.29 is 9.59 Å². The maximum atomic E-state index is 11.5. The molecule has 1 saturated heterocycles. The Balaban J connectivity index is 2.82. The third-order valence-corrected chi connectivity index (χ3v) is 2.58. The van der Waals surface area contributed by atoms with Crippen molar-refractivity contribution >= 4 is 11.7 Å². The molecule has 0 aliphatic carbocycles. The van der Waals surface area contributed by atoms with Gasteiger partial charge < -0.3 is 5.32 Å². The van der Waals surface area contributed by atoms with E-state index in [0.29, 0.717) is 0 Å². The minimum Gasteiger partial charge on any atom is -0.351 e. The first-order valence-electron chi connectivity index (χ1n) is 4.66. The van der Waals surface area contributed by atoms with Crippen LogP contribution >= 0.6 is 0 Å². The molecule has 1 rings (SSSR count). The lowest BCUT2D eigenvalue weighted by Crippen LogP contribution is -2.55. The van der Waals surface area contributed by atoms with Crippen LogP contribution in [-0.4, -0.2) is 17.2 Å². The predicted octanol–water partition coefficient (Wildman–Crippen LogP) is 1.13. The van der Waals surface area contributed by atoms with Gasteiger partial charge in [0, 0.05) is 5.54 Å². The Morgan fingerprint density at radius 1 is 1.54 bits per heavy atom. The molecule has 13 heavy (non-hydrogen) atoms. The summed E-state index contributed by atoms with van der Waals surface area (Å²) in [6, 6.07) is 0. The van der Waals surface area contributed by atoms with Crippen molar-refractivity contribution in [2.24, 2.45) is 11.8 Å². The molecule has 0 saturated carbocycles. The summed E-state index contributed by atoms with van der Waals surface area (Å²) in [6.07, 6.45) is 0.864. The molecule has 0 bridgehead atoms. The van der Waals surface area contributed by atoms with Crippen LogP contribution in [0.1, 0.15) is 34.1 Å². The smallest absolute Gasteiger partial charge is 0.231 e. The second-order valence-corrected chi connectivity index (χ2v) is 4.64. The first-order chi connectivity index (χ1) is 5.83. The number of carbonyl (C=O) groups is 2. The maximum absolute atomic E-state index is 11.5. The monoisotopic (exact) mass is 183 g/mol. The van der Waals surface area contributed by atoms with Crippen molar-refractivity contribution in [1.29, 1.82) is 0 Å². The van der Waals surface area contributed by atoms with E-state index in [0.717, 1.165) is 6.42 Å². The normalized spacial score (nSPS) is 32.5. The Bertz CT molecular complexity index is 245. The fourth-order valence-corrected chi connectivity index (χ4v) is 2.23. The number of piperidine rings is 1. The van der Waals surface area contributed by atoms with Gasteiger partial charge >= 0.3 is 0 Å². The molecule has 0 radical (unpaired) electrons. The zero-order chi connectivity index (χ0) is 10.2. The third kappa shape index (κ3) is 2.08. The van der Waals surface area contributed by atoms with Crippen LogP contribution in [-0.2, 0) is 9.59 Å². The molecule has 3 heteroatoms. The van der Waals surface area contributed by atoms with E-state index in [1.165, 1.54) is 6.92 Å². The van der Waals surface area contributed by atoms with Crippen LogP contribution < -0.4 is 5.32 Å². The Kier molecular flexibility index (Phi) is 2.46. The zero-order valence-electron chi connectivity index (χ0n) is 8.68. The van der Waals surface area contributed by atoms with E-state index >= 15 is 0 Å². The summed E-state index contributed by atoms with van der Waals surface area (Å²) in [4.78, 5) is 22.7. The van der Waals surface area contributed by atoms with Gasteiger partial charge in [0.05, 0.1) is 5.92 Å². The minimum atomic E-state index is -0.437. The Hall–Kier alpha value is -0.860. The van der Waals surface area contributed by atoms with Crippen molar-refractivity contribution in [3.63, 3.8) is 0 Å². The molecule has 0 aromatic carbocycles. The fraction of sp³-hybridized carbons (Fsp3) is 0.800. The predicted molar refractivity (Wildman–Crippen MR) is 50.2 cm³/mol. The van der Waals surface area contributed by atoms with Gasteiger partial charge in [0.15, 0.2) is 0 Å². The van der Waals surface area contributed by atoms with Gasteiger partial charge in [-0.05, 0) is 33.1 Å². The number of hydrogen-bond acceptors (Lipinski definition) is 2. The van der Waals surface area contributed by atoms with Gasteiger partial charge in [0.25, 0.3) is 0 Å². The molecular formula is C10H17NO2. The Labute approximate surface area is 78.9 Å². The van der Waals surface area contributed by atoms with Crippen molar-refractivity contribution in [3.05, 3.63) is 0 Å². The molecule has 1 aliphatic rings. The molecule has 0 aromatic rings. The molecule has 1 heterocycles. The average Bonchev–Trinajstić information content (AvgIpc) is 1.78. The largest absolute Gasteiger partial charge is 0.351 e. The summed E-state index contributed by atoms with van der Waals surface area (Å²) in [5, 5.41) is 2.86. The highest BCUT2D eigenvalue weighted by atomic mass is 16.2. The molecule has 0 aromatic heterocycles. The van der Waals surface area contributed by atoms with Crippen LogP contribution in [0.4, 0.5) is 0 Å². The number of carbonyl (C=O) groups excluding carboxylic acids is 2. The van der Waals surface area contributed by atoms with E-state index in [4.69, 9.17) is 0 Å². The summed E-state index contributed by atoms with van der Waals surface area (Å²) in [5.74, 6) is -0.425. The van der Waals surface area contributed by atoms with E-state index in [9.17, 15) is 9.59 Å². The maximum Gasteiger partial charge on any atom is 0.231 e. The van der Waals surface area contributed by atoms with Gasteiger partial charge in [0.2, 0.25) is 5.91 Å². The topological polar surface area (TPSA) is 46.2 Å². The van der Waals surface area contributed by atoms with Crippen molar-refractivity contribution in [3.8, 4) is 0 Å². The highest BCUT2D eigenvalue weighted by Gasteiger charge is 2.39. The highest BCUT2D eigenvalue weighted by molar-refractivity contribution is 6.01. The number of ketones is 1. The summed E-state index contributed by atoms with van der Waals surface area (Å²) >= 11 is 0. The summed E-state index contributed by atoms with van der Waals surface area (Å²) in [5.41, 5.74) is -0.164. The first kappa shape index (κ1) is 10.2. The number of rotatable bonds is 1. The van der Waals surface area contributed by atoms with E-state index in [1.807, 2.05) is 20.8 Å². The van der Waals surface area contributed by atoms with Crippen molar-refractivity contribution in [2.45, 2.75) is 39.7 Å². The summed E-state index contributed by atoms with van der Waals surface area (Å²) in [7, 11) is 0. The van der Waals surface area contributed by atoms with Crippen LogP contribution in [0.3, 0.4) is 0 Å². The lowest BCUT2D eigenvalue weighted by atomic mass is 9.77. The Morgan fingerprint density at radius 3 is 2.46 bits per heavy atom. The van der Waals surface area contributed by atoms with Gasteiger partial charge in [0.1, 0.15) is 5.78 Å². The summed E-state index contributed by atoms with van der Waals surface area (Å²) in [6.45, 7) is 7.42. The highest BCUT2D eigenvalue weighted by Crippen LogP contribution is 2.29. The third-order valence-electron chi connectivity index (χ3n) is 2.58. The second-order valence-electron chi connectivity index (χ2n) is 4.64. The first-order valence-corrected chi connectivity index (χ1v) is 4.66. The zero-order valence-corrected chi connectivity index (χ0v) is 8.68. The lowest BCUT2D eigenvalue weighted by molar-refractivity contribution is -0.139. The second kappa shape index (κ2) is 3.13. The molecule has 0 spiro atoms. The van der Waals surface area contributed by atoms with E-state index in [2.05, 4.69) is 5.32 Å². The summed E-state index contributed by atoms with van der Waals surface area (Å²) < 4.78 is 0. The van der Waals surface area contributed by atoms with Crippen molar-refractivity contribution in [2.75, 3.05) is 0 Å². The van der Waals surface area contributed by atoms with Crippen LogP contribution in [0, 0.1) is 11.8 Å². The van der Waals surface area contributed by atoms with E-state index in [-0.39, 0.29) is 23.1 Å². The van der Waals surface area contributed by atoms with Crippen LogP contribution in [0.15, 0.2) is 0 Å². The number of hydrogen-bond donors (Lipinski definition) is 1. The molecule has 74 valence electrons. The lowest BCUT2D eigenvalue weighted by Gasteiger charge is -2.38. The van der Waals surface area contributed by atoms with Crippen LogP contribution in [0.5, 0.6) is 0 Å². The minimum absolute atomic E-state index is 0.0273. The van der Waals surface area contributed by atoms with Gasteiger partial charge in [-0.15, -0.1) is 0 Å². The van der Waals surface area contributed by atoms with E-state index in [1.54, 1.807) is 0 Å². The number of Topliss-reactive ketones (excluding diaryl/α,β-unsaturated/α-hetero) is 1. The number of amides is 1. The van der Waals surface area contributed by atoms with Crippen LogP contribution in [0.2, 0.25) is 0 Å². The Morgan fingerprint density at radius 2 is 2.08 bits per heavy atom. The van der Waals surface area contributed by atoms with Gasteiger partial charge in [-0.2, -0.15) is 0 Å². The standard InChI is InChI=1S/C10H17NO2/c1-6-5-10(3,4)11-9(13)8(6)7(2)12/h6,8H,5H2,1-4H3,(H,11,13). The molecule has 1 fully saturated rings. The van der Waals surface area contributed by atoms with Crippen molar-refractivity contribution in [1.82, 2.24) is 5.32 Å². The molecule has 1 N–H and O–H groups in total. The number of nitrogens with one attached hydrogen (secondary N) is 1. The molecular weight excluding hydrogens is 166 g/mol. The molecule has 2 unspecified atom stereocenters. The van der Waals surface area contributed by atoms with E-state index < -0.39 is 5.92 Å². The SMILES string of the molecule is CC(=O)C1C(=O)NC(C)(C)CC1C. The molecule has 3 nitrogen and oxygen atoms in total. The molecule has 1 amide bonds.